The number of phenolic OH excluding ortho intramolecular Hbond substituents is 1. The van der Waals surface area contributed by atoms with Crippen LogP contribution in [0.5, 0.6) is 5.75 Å². The van der Waals surface area contributed by atoms with Crippen LogP contribution in [0.1, 0.15) is 15.9 Å². The number of aromatic hydroxyl groups is 1. The number of benzene rings is 2. The fourth-order valence-corrected chi connectivity index (χ4v) is 2.16. The largest absolute Gasteiger partial charge is 0.507 e. The first-order valence-electron chi connectivity index (χ1n) is 5.54. The van der Waals surface area contributed by atoms with E-state index in [1.807, 2.05) is 6.92 Å². The van der Waals surface area contributed by atoms with Crippen molar-refractivity contribution in [2.75, 3.05) is 5.32 Å². The summed E-state index contributed by atoms with van der Waals surface area (Å²) in [5.41, 5.74) is 1.68. The zero-order valence-corrected chi connectivity index (χ0v) is 12.4. The molecular formula is C14H11BrClNO2. The molecule has 0 bridgehead atoms. The number of phenols is 1. The molecule has 2 rings (SSSR count). The molecule has 0 radical (unpaired) electrons. The number of hydrogen-bond donors (Lipinski definition) is 2. The summed E-state index contributed by atoms with van der Waals surface area (Å²) in [4.78, 5) is 12.1. The van der Waals surface area contributed by atoms with Crippen molar-refractivity contribution in [2.24, 2.45) is 0 Å². The van der Waals surface area contributed by atoms with Gasteiger partial charge in [0.2, 0.25) is 0 Å². The molecule has 98 valence electrons. The summed E-state index contributed by atoms with van der Waals surface area (Å²) in [6.07, 6.45) is 0. The summed E-state index contributed by atoms with van der Waals surface area (Å²) in [5, 5.41) is 12.9. The summed E-state index contributed by atoms with van der Waals surface area (Å²) in [6, 6.07) is 10.0. The van der Waals surface area contributed by atoms with E-state index in [1.165, 1.54) is 6.07 Å². The molecule has 19 heavy (non-hydrogen) atoms. The van der Waals surface area contributed by atoms with Crippen molar-refractivity contribution in [2.45, 2.75) is 6.92 Å². The highest BCUT2D eigenvalue weighted by molar-refractivity contribution is 9.10. The lowest BCUT2D eigenvalue weighted by Gasteiger charge is -2.10. The first-order valence-corrected chi connectivity index (χ1v) is 6.71. The number of rotatable bonds is 2. The van der Waals surface area contributed by atoms with Gasteiger partial charge in [0.05, 0.1) is 20.7 Å². The fraction of sp³-hybridized carbons (Fsp3) is 0.0714. The zero-order valence-electron chi connectivity index (χ0n) is 10.1. The number of nitrogens with one attached hydrogen (secondary N) is 1. The molecule has 0 fully saturated rings. The Morgan fingerprint density at radius 1 is 1.32 bits per heavy atom. The van der Waals surface area contributed by atoms with E-state index >= 15 is 0 Å². The summed E-state index contributed by atoms with van der Waals surface area (Å²) in [6.45, 7) is 1.85. The number of aryl methyl sites for hydroxylation is 1. The molecule has 0 saturated carbocycles. The average Bonchev–Trinajstić information content (AvgIpc) is 2.38. The highest BCUT2D eigenvalue weighted by Crippen LogP contribution is 2.31. The van der Waals surface area contributed by atoms with Crippen LogP contribution in [0.4, 0.5) is 5.69 Å². The maximum atomic E-state index is 12.1. The molecule has 0 aliphatic carbocycles. The number of amides is 1. The lowest BCUT2D eigenvalue weighted by molar-refractivity contribution is 0.102. The minimum atomic E-state index is -0.385. The Hall–Kier alpha value is -1.52. The second kappa shape index (κ2) is 5.63. The van der Waals surface area contributed by atoms with Gasteiger partial charge in [-0.25, -0.2) is 0 Å². The van der Waals surface area contributed by atoms with Crippen LogP contribution in [0.3, 0.4) is 0 Å². The van der Waals surface area contributed by atoms with Crippen LogP contribution in [0.2, 0.25) is 5.02 Å². The van der Waals surface area contributed by atoms with E-state index < -0.39 is 0 Å². The second-order valence-corrected chi connectivity index (χ2v) is 5.28. The molecule has 0 spiro atoms. The Kier molecular flexibility index (Phi) is 4.12. The SMILES string of the molecule is Cc1ccc(O)c(C(=O)Nc2cccc(Cl)c2Br)c1. The Bertz CT molecular complexity index is 643. The number of carbonyl (C=O) groups excluding carboxylic acids is 1. The van der Waals surface area contributed by atoms with E-state index in [9.17, 15) is 9.90 Å². The van der Waals surface area contributed by atoms with Gasteiger partial charge in [0.1, 0.15) is 5.75 Å². The van der Waals surface area contributed by atoms with Crippen molar-refractivity contribution < 1.29 is 9.90 Å². The predicted molar refractivity (Wildman–Crippen MR) is 79.9 cm³/mol. The third kappa shape index (κ3) is 3.08. The van der Waals surface area contributed by atoms with Crippen LogP contribution >= 0.6 is 27.5 Å². The molecule has 2 aromatic carbocycles. The summed E-state index contributed by atoms with van der Waals surface area (Å²) in [5.74, 6) is -0.439. The van der Waals surface area contributed by atoms with Crippen molar-refractivity contribution in [3.63, 3.8) is 0 Å². The Morgan fingerprint density at radius 2 is 2.05 bits per heavy atom. The molecule has 2 N–H and O–H groups in total. The van der Waals surface area contributed by atoms with Crippen LogP contribution in [0, 0.1) is 6.92 Å². The maximum absolute atomic E-state index is 12.1. The molecule has 0 heterocycles. The molecule has 3 nitrogen and oxygen atoms in total. The van der Waals surface area contributed by atoms with Crippen LogP contribution < -0.4 is 5.32 Å². The molecule has 1 amide bonds. The van der Waals surface area contributed by atoms with Crippen LogP contribution in [-0.4, -0.2) is 11.0 Å². The van der Waals surface area contributed by atoms with Gasteiger partial charge in [-0.05, 0) is 47.1 Å². The molecule has 2 aromatic rings. The van der Waals surface area contributed by atoms with Gasteiger partial charge in [-0.1, -0.05) is 29.3 Å². The van der Waals surface area contributed by atoms with Crippen molar-refractivity contribution in [1.82, 2.24) is 0 Å². The third-order valence-corrected chi connectivity index (χ3v) is 3.99. The van der Waals surface area contributed by atoms with E-state index in [-0.39, 0.29) is 17.2 Å². The van der Waals surface area contributed by atoms with Gasteiger partial charge in [-0.15, -0.1) is 0 Å². The molecule has 0 aromatic heterocycles. The predicted octanol–water partition coefficient (Wildman–Crippen LogP) is 4.37. The highest BCUT2D eigenvalue weighted by Gasteiger charge is 2.13. The van der Waals surface area contributed by atoms with Crippen molar-refractivity contribution >= 4 is 39.1 Å². The van der Waals surface area contributed by atoms with Gasteiger partial charge in [0.25, 0.3) is 5.91 Å². The van der Waals surface area contributed by atoms with Crippen molar-refractivity contribution in [3.8, 4) is 5.75 Å². The monoisotopic (exact) mass is 339 g/mol. The van der Waals surface area contributed by atoms with Gasteiger partial charge in [-0.3, -0.25) is 4.79 Å². The molecule has 0 aliphatic heterocycles. The van der Waals surface area contributed by atoms with Crippen LogP contribution in [0.25, 0.3) is 0 Å². The minimum absolute atomic E-state index is 0.0544. The molecule has 5 heteroatoms. The Morgan fingerprint density at radius 3 is 2.79 bits per heavy atom. The number of anilines is 1. The standard InChI is InChI=1S/C14H11BrClNO2/c1-8-5-6-12(18)9(7-8)14(19)17-11-4-2-3-10(16)13(11)15/h2-7,18H,1H3,(H,17,19). The Labute approximate surface area is 124 Å². The third-order valence-electron chi connectivity index (χ3n) is 2.60. The van der Waals surface area contributed by atoms with Crippen molar-refractivity contribution in [3.05, 3.63) is 57.0 Å². The van der Waals surface area contributed by atoms with Gasteiger partial charge >= 0.3 is 0 Å². The lowest BCUT2D eigenvalue weighted by Crippen LogP contribution is -2.12. The molecular weight excluding hydrogens is 330 g/mol. The smallest absolute Gasteiger partial charge is 0.259 e. The average molecular weight is 341 g/mol. The van der Waals surface area contributed by atoms with Gasteiger partial charge in [0.15, 0.2) is 0 Å². The van der Waals surface area contributed by atoms with E-state index in [0.717, 1.165) is 5.56 Å². The zero-order chi connectivity index (χ0) is 14.0. The fourth-order valence-electron chi connectivity index (χ4n) is 1.62. The number of halogens is 2. The molecule has 0 saturated heterocycles. The van der Waals surface area contributed by atoms with Crippen LogP contribution in [-0.2, 0) is 0 Å². The van der Waals surface area contributed by atoms with Crippen LogP contribution in [0.15, 0.2) is 40.9 Å². The summed E-state index contributed by atoms with van der Waals surface area (Å²) < 4.78 is 0.608. The van der Waals surface area contributed by atoms with Gasteiger partial charge < -0.3 is 10.4 Å². The lowest BCUT2D eigenvalue weighted by atomic mass is 10.1. The molecule has 0 aliphatic rings. The highest BCUT2D eigenvalue weighted by atomic mass is 79.9. The minimum Gasteiger partial charge on any atom is -0.507 e. The van der Waals surface area contributed by atoms with Crippen molar-refractivity contribution in [1.29, 1.82) is 0 Å². The molecule has 0 atom stereocenters. The number of hydrogen-bond acceptors (Lipinski definition) is 2. The second-order valence-electron chi connectivity index (χ2n) is 4.08. The van der Waals surface area contributed by atoms with E-state index in [2.05, 4.69) is 21.2 Å². The first-order chi connectivity index (χ1) is 8.99. The van der Waals surface area contributed by atoms with E-state index in [1.54, 1.807) is 30.3 Å². The summed E-state index contributed by atoms with van der Waals surface area (Å²) >= 11 is 9.26. The topological polar surface area (TPSA) is 49.3 Å². The van der Waals surface area contributed by atoms with E-state index in [4.69, 9.17) is 11.6 Å². The van der Waals surface area contributed by atoms with E-state index in [0.29, 0.717) is 15.2 Å². The summed E-state index contributed by atoms with van der Waals surface area (Å²) in [7, 11) is 0. The Balaban J connectivity index is 2.31. The van der Waals surface area contributed by atoms with Gasteiger partial charge in [-0.2, -0.15) is 0 Å². The first kappa shape index (κ1) is 13.9. The van der Waals surface area contributed by atoms with Gasteiger partial charge in [0, 0.05) is 0 Å². The maximum Gasteiger partial charge on any atom is 0.259 e. The number of carbonyl (C=O) groups is 1. The molecule has 0 unspecified atom stereocenters. The normalized spacial score (nSPS) is 10.3. The quantitative estimate of drug-likeness (QED) is 0.853.